The van der Waals surface area contributed by atoms with Crippen LogP contribution in [0.4, 0.5) is 0 Å². The van der Waals surface area contributed by atoms with Crippen LogP contribution in [-0.4, -0.2) is 42.4 Å². The molecule has 0 saturated carbocycles. The van der Waals surface area contributed by atoms with Crippen molar-refractivity contribution in [3.8, 4) is 11.9 Å². The van der Waals surface area contributed by atoms with Crippen molar-refractivity contribution in [2.75, 3.05) is 26.4 Å². The molecule has 3 N–H and O–H groups in total. The third kappa shape index (κ3) is 4.01. The van der Waals surface area contributed by atoms with E-state index in [2.05, 4.69) is 4.98 Å². The van der Waals surface area contributed by atoms with Gasteiger partial charge in [0, 0.05) is 6.20 Å². The fourth-order valence-corrected chi connectivity index (χ4v) is 1.17. The SMILES string of the molecule is N#Cc1cnc(OCCOCCO)c(C(N)=O)c1. The lowest BCUT2D eigenvalue weighted by Crippen LogP contribution is -2.16. The molecule has 96 valence electrons. The van der Waals surface area contributed by atoms with Gasteiger partial charge in [0.1, 0.15) is 18.2 Å². The topological polar surface area (TPSA) is 118 Å². The molecule has 18 heavy (non-hydrogen) atoms. The zero-order valence-electron chi connectivity index (χ0n) is 9.63. The molecule has 0 bridgehead atoms. The molecule has 1 heterocycles. The highest BCUT2D eigenvalue weighted by Crippen LogP contribution is 2.15. The molecule has 0 radical (unpaired) electrons. The number of hydrogen-bond donors (Lipinski definition) is 2. The van der Waals surface area contributed by atoms with Crippen LogP contribution in [0.5, 0.6) is 5.88 Å². The van der Waals surface area contributed by atoms with Crippen molar-refractivity contribution in [3.05, 3.63) is 23.4 Å². The van der Waals surface area contributed by atoms with E-state index in [1.54, 1.807) is 0 Å². The number of carbonyl (C=O) groups is 1. The second-order valence-electron chi connectivity index (χ2n) is 3.24. The molecule has 0 fully saturated rings. The summed E-state index contributed by atoms with van der Waals surface area (Å²) in [5.74, 6) is -0.653. The highest BCUT2D eigenvalue weighted by atomic mass is 16.5. The minimum absolute atomic E-state index is 0.0520. The number of hydrogen-bond acceptors (Lipinski definition) is 6. The van der Waals surface area contributed by atoms with E-state index in [1.165, 1.54) is 12.3 Å². The lowest BCUT2D eigenvalue weighted by atomic mass is 10.2. The second-order valence-corrected chi connectivity index (χ2v) is 3.24. The van der Waals surface area contributed by atoms with Crippen molar-refractivity contribution < 1.29 is 19.4 Å². The van der Waals surface area contributed by atoms with Crippen molar-refractivity contribution in [1.29, 1.82) is 5.26 Å². The summed E-state index contributed by atoms with van der Waals surface area (Å²) in [6, 6.07) is 3.17. The Kier molecular flexibility index (Phi) is 5.57. The number of aromatic nitrogens is 1. The number of aliphatic hydroxyl groups is 1. The molecule has 1 aromatic heterocycles. The Hall–Kier alpha value is -2.17. The predicted molar refractivity (Wildman–Crippen MR) is 60.9 cm³/mol. The number of pyridine rings is 1. The van der Waals surface area contributed by atoms with Gasteiger partial charge >= 0.3 is 0 Å². The number of amides is 1. The van der Waals surface area contributed by atoms with Gasteiger partial charge in [0.2, 0.25) is 5.88 Å². The third-order valence-electron chi connectivity index (χ3n) is 1.95. The van der Waals surface area contributed by atoms with Crippen molar-refractivity contribution in [2.45, 2.75) is 0 Å². The molecule has 0 aromatic carbocycles. The van der Waals surface area contributed by atoms with Gasteiger partial charge in [-0.25, -0.2) is 4.98 Å². The van der Waals surface area contributed by atoms with Crippen LogP contribution in [0.25, 0.3) is 0 Å². The average molecular weight is 251 g/mol. The van der Waals surface area contributed by atoms with Gasteiger partial charge in [0.15, 0.2) is 0 Å². The maximum Gasteiger partial charge on any atom is 0.254 e. The minimum Gasteiger partial charge on any atom is -0.475 e. The van der Waals surface area contributed by atoms with Crippen molar-refractivity contribution in [3.63, 3.8) is 0 Å². The molecule has 0 saturated heterocycles. The smallest absolute Gasteiger partial charge is 0.254 e. The van der Waals surface area contributed by atoms with Crippen LogP contribution in [0.1, 0.15) is 15.9 Å². The number of primary amides is 1. The summed E-state index contributed by atoms with van der Waals surface area (Å²) in [6.07, 6.45) is 1.29. The van der Waals surface area contributed by atoms with Crippen LogP contribution in [-0.2, 0) is 4.74 Å². The summed E-state index contributed by atoms with van der Waals surface area (Å²) in [4.78, 5) is 15.0. The van der Waals surface area contributed by atoms with Gasteiger partial charge in [0.05, 0.1) is 25.4 Å². The molecule has 1 aromatic rings. The van der Waals surface area contributed by atoms with Crippen LogP contribution in [0, 0.1) is 11.3 Å². The Labute approximate surface area is 104 Å². The summed E-state index contributed by atoms with van der Waals surface area (Å²) in [5.41, 5.74) is 5.44. The molecule has 7 heteroatoms. The lowest BCUT2D eigenvalue weighted by Gasteiger charge is -2.08. The van der Waals surface area contributed by atoms with E-state index in [0.29, 0.717) is 0 Å². The van der Waals surface area contributed by atoms with Gasteiger partial charge < -0.3 is 20.3 Å². The molecule has 0 unspecified atom stereocenters. The van der Waals surface area contributed by atoms with Gasteiger partial charge in [-0.05, 0) is 6.07 Å². The molecule has 1 rings (SSSR count). The normalized spacial score (nSPS) is 9.78. The number of carbonyl (C=O) groups excluding carboxylic acids is 1. The number of ether oxygens (including phenoxy) is 2. The van der Waals surface area contributed by atoms with Crippen LogP contribution in [0.15, 0.2) is 12.3 Å². The zero-order chi connectivity index (χ0) is 13.4. The summed E-state index contributed by atoms with van der Waals surface area (Å²) in [5, 5.41) is 17.2. The molecule has 0 aliphatic carbocycles. The van der Waals surface area contributed by atoms with Crippen molar-refractivity contribution in [1.82, 2.24) is 4.98 Å². The number of aliphatic hydroxyl groups excluding tert-OH is 1. The van der Waals surface area contributed by atoms with Gasteiger partial charge in [-0.2, -0.15) is 5.26 Å². The highest BCUT2D eigenvalue weighted by Gasteiger charge is 2.12. The molecular weight excluding hydrogens is 238 g/mol. The maximum atomic E-state index is 11.2. The number of nitriles is 1. The monoisotopic (exact) mass is 251 g/mol. The zero-order valence-corrected chi connectivity index (χ0v) is 9.63. The molecule has 0 atom stereocenters. The Balaban J connectivity index is 2.65. The standard InChI is InChI=1S/C11H13N3O4/c12-6-8-5-9(10(13)16)11(14-7-8)18-4-3-17-2-1-15/h5,7,15H,1-4H2,(H2,13,16). The van der Waals surface area contributed by atoms with Crippen LogP contribution in [0.3, 0.4) is 0 Å². The average Bonchev–Trinajstić information content (AvgIpc) is 2.38. The second kappa shape index (κ2) is 7.21. The molecule has 0 aliphatic heterocycles. The Morgan fingerprint density at radius 1 is 1.50 bits per heavy atom. The fourth-order valence-electron chi connectivity index (χ4n) is 1.17. The first-order valence-electron chi connectivity index (χ1n) is 5.20. The van der Waals surface area contributed by atoms with Gasteiger partial charge in [-0.3, -0.25) is 4.79 Å². The first-order chi connectivity index (χ1) is 8.69. The predicted octanol–water partition coefficient (Wildman–Crippen LogP) is -0.560. The number of nitrogens with zero attached hydrogens (tertiary/aromatic N) is 2. The largest absolute Gasteiger partial charge is 0.475 e. The van der Waals surface area contributed by atoms with Gasteiger partial charge in [-0.1, -0.05) is 0 Å². The molecular formula is C11H13N3O4. The Morgan fingerprint density at radius 2 is 2.28 bits per heavy atom. The minimum atomic E-state index is -0.717. The van der Waals surface area contributed by atoms with Gasteiger partial charge in [0.25, 0.3) is 5.91 Å². The van der Waals surface area contributed by atoms with E-state index in [0.717, 1.165) is 0 Å². The first kappa shape index (κ1) is 13.9. The van der Waals surface area contributed by atoms with E-state index in [4.69, 9.17) is 25.6 Å². The van der Waals surface area contributed by atoms with Gasteiger partial charge in [-0.15, -0.1) is 0 Å². The lowest BCUT2D eigenvalue weighted by molar-refractivity contribution is 0.0690. The third-order valence-corrected chi connectivity index (χ3v) is 1.95. The van der Waals surface area contributed by atoms with E-state index in [9.17, 15) is 4.79 Å². The first-order valence-corrected chi connectivity index (χ1v) is 5.20. The summed E-state index contributed by atoms with van der Waals surface area (Å²) < 4.78 is 10.2. The fraction of sp³-hybridized carbons (Fsp3) is 0.364. The van der Waals surface area contributed by atoms with E-state index >= 15 is 0 Å². The summed E-state index contributed by atoms with van der Waals surface area (Å²) in [6.45, 7) is 0.564. The van der Waals surface area contributed by atoms with E-state index in [-0.39, 0.29) is 43.4 Å². The van der Waals surface area contributed by atoms with Crippen LogP contribution in [0.2, 0.25) is 0 Å². The van der Waals surface area contributed by atoms with Crippen LogP contribution < -0.4 is 10.5 Å². The molecule has 0 spiro atoms. The van der Waals surface area contributed by atoms with Crippen molar-refractivity contribution in [2.24, 2.45) is 5.73 Å². The molecule has 0 aliphatic rings. The van der Waals surface area contributed by atoms with Crippen LogP contribution >= 0.6 is 0 Å². The maximum absolute atomic E-state index is 11.2. The van der Waals surface area contributed by atoms with E-state index < -0.39 is 5.91 Å². The number of rotatable bonds is 7. The van der Waals surface area contributed by atoms with Crippen molar-refractivity contribution >= 4 is 5.91 Å². The quantitative estimate of drug-likeness (QED) is 0.627. The molecule has 1 amide bonds. The summed E-state index contributed by atoms with van der Waals surface area (Å²) in [7, 11) is 0. The summed E-state index contributed by atoms with van der Waals surface area (Å²) >= 11 is 0. The molecule has 7 nitrogen and oxygen atoms in total. The number of nitrogens with two attached hydrogens (primary N) is 1. The highest BCUT2D eigenvalue weighted by molar-refractivity contribution is 5.95. The Bertz CT molecular complexity index is 456. The van der Waals surface area contributed by atoms with E-state index in [1.807, 2.05) is 6.07 Å². The Morgan fingerprint density at radius 3 is 2.89 bits per heavy atom.